The third-order valence-electron chi connectivity index (χ3n) is 3.51. The molecule has 0 radical (unpaired) electrons. The van der Waals surface area contributed by atoms with Crippen molar-refractivity contribution in [3.63, 3.8) is 0 Å². The maximum atomic E-state index is 11.8. The fourth-order valence-electron chi connectivity index (χ4n) is 2.30. The monoisotopic (exact) mass is 226 g/mol. The van der Waals surface area contributed by atoms with E-state index in [1.165, 1.54) is 0 Å². The van der Waals surface area contributed by atoms with Crippen LogP contribution in [-0.2, 0) is 9.59 Å². The van der Waals surface area contributed by atoms with E-state index in [1.54, 1.807) is 4.90 Å². The van der Waals surface area contributed by atoms with Crippen molar-refractivity contribution in [3.05, 3.63) is 0 Å². The minimum Gasteiger partial charge on any atom is -0.481 e. The number of piperidine rings is 1. The molecule has 16 heavy (non-hydrogen) atoms. The number of nitrogens with one attached hydrogen (secondary N) is 1. The van der Waals surface area contributed by atoms with Gasteiger partial charge in [0.25, 0.3) is 0 Å². The first-order valence-electron chi connectivity index (χ1n) is 5.88. The zero-order valence-electron chi connectivity index (χ0n) is 9.32. The molecule has 2 N–H and O–H groups in total. The van der Waals surface area contributed by atoms with Crippen LogP contribution in [0.25, 0.3) is 0 Å². The minimum absolute atomic E-state index is 0.129. The molecule has 0 aromatic rings. The number of nitrogens with zero attached hydrogens (tertiary/aromatic N) is 1. The lowest BCUT2D eigenvalue weighted by molar-refractivity contribution is -0.153. The van der Waals surface area contributed by atoms with Gasteiger partial charge in [-0.25, -0.2) is 0 Å². The van der Waals surface area contributed by atoms with Gasteiger partial charge in [-0.1, -0.05) is 0 Å². The number of aliphatic carboxylic acids is 1. The van der Waals surface area contributed by atoms with E-state index in [9.17, 15) is 9.59 Å². The molecule has 0 saturated carbocycles. The molecular formula is C11H18N2O3. The summed E-state index contributed by atoms with van der Waals surface area (Å²) < 4.78 is 0. The fraction of sp³-hybridized carbons (Fsp3) is 0.818. The van der Waals surface area contributed by atoms with Crippen LogP contribution in [-0.4, -0.2) is 48.1 Å². The van der Waals surface area contributed by atoms with Gasteiger partial charge in [0.1, 0.15) is 0 Å². The van der Waals surface area contributed by atoms with Gasteiger partial charge in [0.2, 0.25) is 5.91 Å². The molecule has 2 aliphatic rings. The largest absolute Gasteiger partial charge is 0.481 e. The lowest BCUT2D eigenvalue weighted by Gasteiger charge is -2.37. The Labute approximate surface area is 94.8 Å². The lowest BCUT2D eigenvalue weighted by Crippen LogP contribution is -2.53. The number of rotatable bonds is 3. The van der Waals surface area contributed by atoms with Gasteiger partial charge in [-0.3, -0.25) is 9.59 Å². The molecule has 0 aromatic heterocycles. The van der Waals surface area contributed by atoms with Crippen LogP contribution in [0.3, 0.4) is 0 Å². The molecule has 0 atom stereocenters. The first kappa shape index (κ1) is 11.4. The van der Waals surface area contributed by atoms with Crippen molar-refractivity contribution >= 4 is 11.9 Å². The van der Waals surface area contributed by atoms with Gasteiger partial charge in [0.15, 0.2) is 0 Å². The van der Waals surface area contributed by atoms with E-state index in [-0.39, 0.29) is 11.8 Å². The summed E-state index contributed by atoms with van der Waals surface area (Å²) in [7, 11) is 0. The van der Waals surface area contributed by atoms with Gasteiger partial charge in [-0.15, -0.1) is 0 Å². The Hall–Kier alpha value is -1.10. The summed E-state index contributed by atoms with van der Waals surface area (Å²) in [5, 5.41) is 12.0. The Morgan fingerprint density at radius 2 is 1.88 bits per heavy atom. The normalized spacial score (nSPS) is 22.9. The second-order valence-corrected chi connectivity index (χ2v) is 4.73. The van der Waals surface area contributed by atoms with Crippen molar-refractivity contribution < 1.29 is 14.7 Å². The summed E-state index contributed by atoms with van der Waals surface area (Å²) in [6.45, 7) is 2.80. The van der Waals surface area contributed by atoms with Crippen LogP contribution in [0.1, 0.15) is 19.3 Å². The van der Waals surface area contributed by atoms with Crippen LogP contribution < -0.4 is 5.32 Å². The van der Waals surface area contributed by atoms with E-state index in [1.807, 2.05) is 0 Å². The number of carboxylic acids is 1. The molecule has 2 heterocycles. The van der Waals surface area contributed by atoms with Crippen molar-refractivity contribution in [1.29, 1.82) is 0 Å². The summed E-state index contributed by atoms with van der Waals surface area (Å²) in [6, 6.07) is 0. The molecule has 90 valence electrons. The van der Waals surface area contributed by atoms with Crippen molar-refractivity contribution in [3.8, 4) is 0 Å². The summed E-state index contributed by atoms with van der Waals surface area (Å²) in [4.78, 5) is 24.0. The molecule has 2 aliphatic heterocycles. The predicted octanol–water partition coefficient (Wildman–Crippen LogP) is -0.0809. The van der Waals surface area contributed by atoms with Crippen molar-refractivity contribution in [2.75, 3.05) is 26.2 Å². The Morgan fingerprint density at radius 3 is 2.44 bits per heavy atom. The second-order valence-electron chi connectivity index (χ2n) is 4.73. The zero-order valence-corrected chi connectivity index (χ0v) is 9.32. The van der Waals surface area contributed by atoms with Crippen LogP contribution >= 0.6 is 0 Å². The van der Waals surface area contributed by atoms with Gasteiger partial charge in [-0.05, 0) is 31.8 Å². The first-order valence-corrected chi connectivity index (χ1v) is 5.88. The molecule has 5 heteroatoms. The first-order chi connectivity index (χ1) is 7.66. The van der Waals surface area contributed by atoms with Gasteiger partial charge in [-0.2, -0.15) is 0 Å². The summed E-state index contributed by atoms with van der Waals surface area (Å²) in [6.07, 6.45) is 2.71. The maximum absolute atomic E-state index is 11.8. The maximum Gasteiger partial charge on any atom is 0.310 e. The third-order valence-corrected chi connectivity index (χ3v) is 3.51. The van der Waals surface area contributed by atoms with Crippen LogP contribution in [0.5, 0.6) is 0 Å². The quantitative estimate of drug-likeness (QED) is 0.706. The standard InChI is InChI=1S/C11H18N2O3/c14-10(5-8-1-3-12-4-2-8)13-6-9(7-13)11(15)16/h8-9,12H,1-7H2,(H,15,16). The highest BCUT2D eigenvalue weighted by Gasteiger charge is 2.36. The number of carbonyl (C=O) groups is 2. The predicted molar refractivity (Wildman–Crippen MR) is 57.9 cm³/mol. The molecule has 5 nitrogen and oxygen atoms in total. The SMILES string of the molecule is O=C(O)C1CN(C(=O)CC2CCNCC2)C1. The number of hydrogen-bond donors (Lipinski definition) is 2. The summed E-state index contributed by atoms with van der Waals surface area (Å²) in [5.74, 6) is -0.509. The van der Waals surface area contributed by atoms with Crippen molar-refractivity contribution in [2.45, 2.75) is 19.3 Å². The zero-order chi connectivity index (χ0) is 11.5. The Kier molecular flexibility index (Phi) is 3.43. The highest BCUT2D eigenvalue weighted by Crippen LogP contribution is 2.21. The van der Waals surface area contributed by atoms with Crippen LogP contribution in [0, 0.1) is 11.8 Å². The number of amides is 1. The minimum atomic E-state index is -0.786. The number of likely N-dealkylation sites (tertiary alicyclic amines) is 1. The second kappa shape index (κ2) is 4.82. The summed E-state index contributed by atoms with van der Waals surface area (Å²) in [5.41, 5.74) is 0. The van der Waals surface area contributed by atoms with E-state index in [0.29, 0.717) is 25.4 Å². The Bertz CT molecular complexity index is 281. The van der Waals surface area contributed by atoms with Gasteiger partial charge in [0, 0.05) is 19.5 Å². The van der Waals surface area contributed by atoms with Crippen molar-refractivity contribution in [1.82, 2.24) is 10.2 Å². The number of hydrogen-bond acceptors (Lipinski definition) is 3. The molecule has 1 amide bonds. The smallest absolute Gasteiger partial charge is 0.310 e. The molecular weight excluding hydrogens is 208 g/mol. The average molecular weight is 226 g/mol. The van der Waals surface area contributed by atoms with Gasteiger partial charge >= 0.3 is 5.97 Å². The summed E-state index contributed by atoms with van der Waals surface area (Å²) >= 11 is 0. The van der Waals surface area contributed by atoms with Crippen molar-refractivity contribution in [2.24, 2.45) is 11.8 Å². The highest BCUT2D eigenvalue weighted by molar-refractivity contribution is 5.81. The Morgan fingerprint density at radius 1 is 1.25 bits per heavy atom. The third kappa shape index (κ3) is 2.52. The van der Waals surface area contributed by atoms with Crippen LogP contribution in [0.4, 0.5) is 0 Å². The molecule has 2 fully saturated rings. The number of carbonyl (C=O) groups excluding carboxylic acids is 1. The van der Waals surface area contributed by atoms with Crippen LogP contribution in [0.15, 0.2) is 0 Å². The molecule has 0 aromatic carbocycles. The molecule has 0 unspecified atom stereocenters. The van der Waals surface area contributed by atoms with Crippen LogP contribution in [0.2, 0.25) is 0 Å². The Balaban J connectivity index is 1.71. The lowest BCUT2D eigenvalue weighted by atomic mass is 9.92. The number of carboxylic acid groups (broad SMARTS) is 1. The highest BCUT2D eigenvalue weighted by atomic mass is 16.4. The average Bonchev–Trinajstić information content (AvgIpc) is 2.15. The van der Waals surface area contributed by atoms with Gasteiger partial charge in [0.05, 0.1) is 5.92 Å². The van der Waals surface area contributed by atoms with E-state index in [0.717, 1.165) is 25.9 Å². The van der Waals surface area contributed by atoms with E-state index >= 15 is 0 Å². The molecule has 0 spiro atoms. The molecule has 0 aliphatic carbocycles. The van der Waals surface area contributed by atoms with Gasteiger partial charge < -0.3 is 15.3 Å². The van der Waals surface area contributed by atoms with E-state index in [2.05, 4.69) is 5.32 Å². The topological polar surface area (TPSA) is 69.6 Å². The molecule has 2 saturated heterocycles. The molecule has 2 rings (SSSR count). The fourth-order valence-corrected chi connectivity index (χ4v) is 2.30. The van der Waals surface area contributed by atoms with E-state index < -0.39 is 5.97 Å². The molecule has 0 bridgehead atoms. The van der Waals surface area contributed by atoms with E-state index in [4.69, 9.17) is 5.11 Å².